The van der Waals surface area contributed by atoms with Crippen molar-refractivity contribution in [3.05, 3.63) is 35.4 Å². The van der Waals surface area contributed by atoms with Crippen molar-refractivity contribution in [3.63, 3.8) is 0 Å². The van der Waals surface area contributed by atoms with Gasteiger partial charge in [-0.2, -0.15) is 0 Å². The molecule has 25 heavy (non-hydrogen) atoms. The summed E-state index contributed by atoms with van der Waals surface area (Å²) in [6.07, 6.45) is 5.56. The number of rotatable bonds is 7. The Morgan fingerprint density at radius 2 is 2.04 bits per heavy atom. The predicted octanol–water partition coefficient (Wildman–Crippen LogP) is 2.08. The maximum Gasteiger partial charge on any atom is 0.325 e. The highest BCUT2D eigenvalue weighted by molar-refractivity contribution is 6.09. The molecule has 0 saturated carbocycles. The van der Waals surface area contributed by atoms with E-state index in [-0.39, 0.29) is 18.4 Å². The summed E-state index contributed by atoms with van der Waals surface area (Å²) in [5, 5.41) is 5.63. The van der Waals surface area contributed by atoms with Crippen molar-refractivity contribution >= 4 is 17.8 Å². The normalized spacial score (nSPS) is 21.6. The van der Waals surface area contributed by atoms with Gasteiger partial charge in [0, 0.05) is 6.54 Å². The van der Waals surface area contributed by atoms with E-state index >= 15 is 0 Å². The molecule has 2 N–H and O–H groups in total. The third kappa shape index (κ3) is 3.25. The summed E-state index contributed by atoms with van der Waals surface area (Å²) in [6.45, 7) is 2.49. The van der Waals surface area contributed by atoms with Gasteiger partial charge in [-0.05, 0) is 30.4 Å². The lowest BCUT2D eigenvalue weighted by molar-refractivity contribution is -0.135. The maximum atomic E-state index is 12.9. The van der Waals surface area contributed by atoms with Crippen LogP contribution in [0, 0.1) is 0 Å². The molecule has 1 atom stereocenters. The first-order chi connectivity index (χ1) is 12.1. The minimum Gasteiger partial charge on any atom is -0.355 e. The van der Waals surface area contributed by atoms with Crippen LogP contribution in [0.5, 0.6) is 0 Å². The molecule has 6 nitrogen and oxygen atoms in total. The van der Waals surface area contributed by atoms with Crippen molar-refractivity contribution in [2.45, 2.75) is 51.0 Å². The number of benzene rings is 1. The van der Waals surface area contributed by atoms with Gasteiger partial charge in [0.15, 0.2) is 0 Å². The van der Waals surface area contributed by atoms with Crippen LogP contribution in [-0.2, 0) is 21.5 Å². The highest BCUT2D eigenvalue weighted by Crippen LogP contribution is 2.41. The second-order valence-corrected chi connectivity index (χ2v) is 6.79. The van der Waals surface area contributed by atoms with E-state index in [1.54, 1.807) is 0 Å². The van der Waals surface area contributed by atoms with E-state index in [1.807, 2.05) is 24.3 Å². The van der Waals surface area contributed by atoms with Gasteiger partial charge in [0.2, 0.25) is 5.91 Å². The zero-order chi connectivity index (χ0) is 17.9. The molecule has 1 aliphatic heterocycles. The Hall–Kier alpha value is -2.37. The second kappa shape index (κ2) is 7.25. The third-order valence-corrected chi connectivity index (χ3v) is 5.08. The van der Waals surface area contributed by atoms with Gasteiger partial charge < -0.3 is 10.6 Å². The first-order valence-electron chi connectivity index (χ1n) is 9.07. The van der Waals surface area contributed by atoms with Gasteiger partial charge in [0.1, 0.15) is 12.1 Å². The van der Waals surface area contributed by atoms with Gasteiger partial charge in [-0.25, -0.2) is 4.79 Å². The molecular weight excluding hydrogens is 318 g/mol. The number of fused-ring (bicyclic) bond motifs is 2. The third-order valence-electron chi connectivity index (χ3n) is 5.08. The molecule has 3 rings (SSSR count). The molecule has 1 aromatic carbocycles. The number of carbonyl (C=O) groups is 3. The molecule has 2 aliphatic rings. The lowest BCUT2D eigenvalue weighted by Crippen LogP contribution is -2.44. The summed E-state index contributed by atoms with van der Waals surface area (Å²) in [5.74, 6) is -0.605. The number of hydrogen-bond acceptors (Lipinski definition) is 3. The molecule has 0 bridgehead atoms. The molecule has 4 amide bonds. The molecule has 6 heteroatoms. The molecule has 1 aliphatic carbocycles. The van der Waals surface area contributed by atoms with Crippen molar-refractivity contribution in [2.75, 3.05) is 13.1 Å². The average Bonchev–Trinajstić information content (AvgIpc) is 3.09. The van der Waals surface area contributed by atoms with Crippen molar-refractivity contribution in [1.82, 2.24) is 15.5 Å². The summed E-state index contributed by atoms with van der Waals surface area (Å²) in [6, 6.07) is 7.19. The van der Waals surface area contributed by atoms with E-state index in [9.17, 15) is 14.4 Å². The van der Waals surface area contributed by atoms with Gasteiger partial charge in [-0.1, -0.05) is 50.5 Å². The monoisotopic (exact) mass is 343 g/mol. The maximum absolute atomic E-state index is 12.9. The molecule has 134 valence electrons. The van der Waals surface area contributed by atoms with Gasteiger partial charge in [0.25, 0.3) is 5.91 Å². The van der Waals surface area contributed by atoms with Crippen molar-refractivity contribution in [1.29, 1.82) is 0 Å². The van der Waals surface area contributed by atoms with E-state index in [0.717, 1.165) is 48.1 Å². The van der Waals surface area contributed by atoms with Crippen LogP contribution < -0.4 is 10.6 Å². The van der Waals surface area contributed by atoms with Gasteiger partial charge in [0.05, 0.1) is 0 Å². The molecular formula is C19H25N3O3. The largest absolute Gasteiger partial charge is 0.355 e. The number of carbonyl (C=O) groups excluding carboxylic acids is 3. The Kier molecular flexibility index (Phi) is 5.06. The Morgan fingerprint density at radius 3 is 2.84 bits per heavy atom. The first-order valence-corrected chi connectivity index (χ1v) is 9.07. The van der Waals surface area contributed by atoms with Crippen molar-refractivity contribution in [2.24, 2.45) is 0 Å². The average molecular weight is 343 g/mol. The lowest BCUT2D eigenvalue weighted by Gasteiger charge is -2.22. The number of urea groups is 1. The standard InChI is InChI=1S/C19H25N3O3/c1-2-3-4-7-12-20-16(23)13-22-17(24)19(21-18(22)25)11-10-14-8-5-6-9-15(14)19/h5-6,8-9H,2-4,7,10-13H2,1H3,(H,20,23)(H,21,25)/t19-/m0/s1. The minimum absolute atomic E-state index is 0.220. The fraction of sp³-hybridized carbons (Fsp3) is 0.526. The van der Waals surface area contributed by atoms with Gasteiger partial charge >= 0.3 is 6.03 Å². The molecule has 0 unspecified atom stereocenters. The molecule has 1 heterocycles. The van der Waals surface area contributed by atoms with Crippen molar-refractivity contribution < 1.29 is 14.4 Å². The van der Waals surface area contributed by atoms with Crippen LogP contribution in [-0.4, -0.2) is 35.8 Å². The zero-order valence-electron chi connectivity index (χ0n) is 14.6. The molecule has 1 spiro atoms. The number of nitrogens with one attached hydrogen (secondary N) is 2. The molecule has 0 radical (unpaired) electrons. The zero-order valence-corrected chi connectivity index (χ0v) is 14.6. The van der Waals surface area contributed by atoms with E-state index in [0.29, 0.717) is 13.0 Å². The van der Waals surface area contributed by atoms with Crippen LogP contribution in [0.2, 0.25) is 0 Å². The topological polar surface area (TPSA) is 78.5 Å². The van der Waals surface area contributed by atoms with Crippen LogP contribution in [0.3, 0.4) is 0 Å². The van der Waals surface area contributed by atoms with E-state index in [2.05, 4.69) is 17.6 Å². The van der Waals surface area contributed by atoms with E-state index < -0.39 is 11.6 Å². The summed E-state index contributed by atoms with van der Waals surface area (Å²) < 4.78 is 0. The molecule has 1 aromatic rings. The van der Waals surface area contributed by atoms with Gasteiger partial charge in [-0.3, -0.25) is 14.5 Å². The number of aryl methyl sites for hydroxylation is 1. The smallest absolute Gasteiger partial charge is 0.325 e. The Labute approximate surface area is 148 Å². The summed E-state index contributed by atoms with van der Waals surface area (Å²) in [5.41, 5.74) is 0.948. The Morgan fingerprint density at radius 1 is 1.24 bits per heavy atom. The lowest BCUT2D eigenvalue weighted by atomic mass is 9.92. The van der Waals surface area contributed by atoms with Crippen molar-refractivity contribution in [3.8, 4) is 0 Å². The summed E-state index contributed by atoms with van der Waals surface area (Å²) in [7, 11) is 0. The SMILES string of the molecule is CCCCCCNC(=O)CN1C(=O)N[C@]2(CCc3ccccc32)C1=O. The van der Waals surface area contributed by atoms with Crippen LogP contribution >= 0.6 is 0 Å². The fourth-order valence-corrected chi connectivity index (χ4v) is 3.71. The van der Waals surface area contributed by atoms with Crippen LogP contribution in [0.15, 0.2) is 24.3 Å². The minimum atomic E-state index is -0.991. The highest BCUT2D eigenvalue weighted by atomic mass is 16.2. The first kappa shape index (κ1) is 17.5. The predicted molar refractivity (Wildman–Crippen MR) is 93.8 cm³/mol. The highest BCUT2D eigenvalue weighted by Gasteiger charge is 2.55. The number of unbranched alkanes of at least 4 members (excludes halogenated alkanes) is 3. The summed E-state index contributed by atoms with van der Waals surface area (Å²) >= 11 is 0. The number of amides is 4. The number of imide groups is 1. The Bertz CT molecular complexity index is 688. The number of hydrogen-bond donors (Lipinski definition) is 2. The quantitative estimate of drug-likeness (QED) is 0.588. The van der Waals surface area contributed by atoms with Crippen LogP contribution in [0.4, 0.5) is 4.79 Å². The fourth-order valence-electron chi connectivity index (χ4n) is 3.71. The van der Waals surface area contributed by atoms with Gasteiger partial charge in [-0.15, -0.1) is 0 Å². The van der Waals surface area contributed by atoms with E-state index in [4.69, 9.17) is 0 Å². The van der Waals surface area contributed by atoms with E-state index in [1.165, 1.54) is 0 Å². The Balaban J connectivity index is 1.62. The molecule has 0 aromatic heterocycles. The second-order valence-electron chi connectivity index (χ2n) is 6.79. The van der Waals surface area contributed by atoms with Crippen LogP contribution in [0.25, 0.3) is 0 Å². The molecule has 1 saturated heterocycles. The van der Waals surface area contributed by atoms with Crippen LogP contribution in [0.1, 0.15) is 50.2 Å². The summed E-state index contributed by atoms with van der Waals surface area (Å²) in [4.78, 5) is 38.4. The number of nitrogens with zero attached hydrogens (tertiary/aromatic N) is 1. The molecule has 1 fully saturated rings.